The molecule has 1 saturated carbocycles. The summed E-state index contributed by atoms with van der Waals surface area (Å²) < 4.78 is 1.37. The lowest BCUT2D eigenvalue weighted by molar-refractivity contribution is 0.105. The Morgan fingerprint density at radius 3 is 2.45 bits per heavy atom. The topological polar surface area (TPSA) is 12.0 Å². The van der Waals surface area contributed by atoms with E-state index in [9.17, 15) is 0 Å². The standard InChI is InChI=1S/C18H25NS/c1-17(2)10-15(11-18(3,4)12-17)19-14-5-6-16-13(9-14)7-8-20-16/h5-9,15,19H,10-12H2,1-4H3. The van der Waals surface area contributed by atoms with E-state index in [1.807, 2.05) is 11.3 Å². The lowest BCUT2D eigenvalue weighted by Gasteiger charge is -2.45. The number of benzene rings is 1. The van der Waals surface area contributed by atoms with E-state index in [0.717, 1.165) is 0 Å². The van der Waals surface area contributed by atoms with Crippen molar-refractivity contribution in [2.45, 2.75) is 53.0 Å². The molecule has 2 heteroatoms. The molecule has 0 aliphatic heterocycles. The maximum atomic E-state index is 3.78. The smallest absolute Gasteiger partial charge is 0.0349 e. The molecule has 0 atom stereocenters. The van der Waals surface area contributed by atoms with Gasteiger partial charge in [0.2, 0.25) is 0 Å². The molecular formula is C18H25NS. The second kappa shape index (κ2) is 4.77. The van der Waals surface area contributed by atoms with Crippen molar-refractivity contribution in [2.75, 3.05) is 5.32 Å². The third kappa shape index (κ3) is 3.01. The highest BCUT2D eigenvalue weighted by Crippen LogP contribution is 2.46. The van der Waals surface area contributed by atoms with Crippen LogP contribution >= 0.6 is 11.3 Å². The summed E-state index contributed by atoms with van der Waals surface area (Å²) in [6.45, 7) is 9.63. The van der Waals surface area contributed by atoms with Gasteiger partial charge in [0.1, 0.15) is 0 Å². The van der Waals surface area contributed by atoms with Crippen LogP contribution in [0.3, 0.4) is 0 Å². The third-order valence-corrected chi connectivity index (χ3v) is 5.28. The van der Waals surface area contributed by atoms with Gasteiger partial charge < -0.3 is 5.32 Å². The molecule has 108 valence electrons. The molecule has 0 unspecified atom stereocenters. The zero-order valence-corrected chi connectivity index (χ0v) is 13.8. The molecule has 1 fully saturated rings. The Morgan fingerprint density at radius 2 is 1.75 bits per heavy atom. The van der Waals surface area contributed by atoms with Crippen LogP contribution in [0.5, 0.6) is 0 Å². The number of rotatable bonds is 2. The maximum absolute atomic E-state index is 3.78. The van der Waals surface area contributed by atoms with E-state index in [2.05, 4.69) is 62.7 Å². The minimum Gasteiger partial charge on any atom is -0.382 e. The van der Waals surface area contributed by atoms with E-state index < -0.39 is 0 Å². The normalized spacial score (nSPS) is 22.0. The van der Waals surface area contributed by atoms with E-state index in [1.54, 1.807) is 0 Å². The van der Waals surface area contributed by atoms with Gasteiger partial charge in [-0.3, -0.25) is 0 Å². The van der Waals surface area contributed by atoms with Gasteiger partial charge in [0.05, 0.1) is 0 Å². The maximum Gasteiger partial charge on any atom is 0.0349 e. The monoisotopic (exact) mass is 287 g/mol. The highest BCUT2D eigenvalue weighted by Gasteiger charge is 2.38. The fraction of sp³-hybridized carbons (Fsp3) is 0.556. The Balaban J connectivity index is 1.79. The largest absolute Gasteiger partial charge is 0.382 e. The van der Waals surface area contributed by atoms with Gasteiger partial charge in [0, 0.05) is 16.4 Å². The molecule has 0 amide bonds. The second-order valence-corrected chi connectivity index (χ2v) is 8.88. The summed E-state index contributed by atoms with van der Waals surface area (Å²) in [7, 11) is 0. The molecular weight excluding hydrogens is 262 g/mol. The van der Waals surface area contributed by atoms with Crippen molar-refractivity contribution in [3.63, 3.8) is 0 Å². The SMILES string of the molecule is CC1(C)CC(Nc2ccc3sccc3c2)CC(C)(C)C1. The van der Waals surface area contributed by atoms with Gasteiger partial charge in [-0.2, -0.15) is 0 Å². The zero-order valence-electron chi connectivity index (χ0n) is 13.0. The molecule has 1 aromatic heterocycles. The van der Waals surface area contributed by atoms with Crippen molar-refractivity contribution in [2.24, 2.45) is 10.8 Å². The van der Waals surface area contributed by atoms with E-state index in [0.29, 0.717) is 16.9 Å². The molecule has 1 aliphatic carbocycles. The van der Waals surface area contributed by atoms with Crippen molar-refractivity contribution < 1.29 is 0 Å². The van der Waals surface area contributed by atoms with Crippen LogP contribution in [0.1, 0.15) is 47.0 Å². The minimum atomic E-state index is 0.436. The van der Waals surface area contributed by atoms with Crippen LogP contribution in [0.15, 0.2) is 29.6 Å². The quantitative estimate of drug-likeness (QED) is 0.723. The highest BCUT2D eigenvalue weighted by atomic mass is 32.1. The number of nitrogens with one attached hydrogen (secondary N) is 1. The molecule has 0 bridgehead atoms. The molecule has 3 rings (SSSR count). The molecule has 0 radical (unpaired) electrons. The first-order chi connectivity index (χ1) is 9.33. The van der Waals surface area contributed by atoms with Gasteiger partial charge in [-0.1, -0.05) is 27.7 Å². The highest BCUT2D eigenvalue weighted by molar-refractivity contribution is 7.17. The van der Waals surface area contributed by atoms with Gasteiger partial charge in [0.15, 0.2) is 0 Å². The van der Waals surface area contributed by atoms with Crippen molar-refractivity contribution in [3.8, 4) is 0 Å². The Hall–Kier alpha value is -1.02. The van der Waals surface area contributed by atoms with Crippen LogP contribution in [-0.2, 0) is 0 Å². The Bertz CT molecular complexity index is 593. The van der Waals surface area contributed by atoms with Crippen LogP contribution in [-0.4, -0.2) is 6.04 Å². The summed E-state index contributed by atoms with van der Waals surface area (Å²) in [5.41, 5.74) is 2.15. The first-order valence-electron chi connectivity index (χ1n) is 7.57. The van der Waals surface area contributed by atoms with Crippen molar-refractivity contribution in [1.82, 2.24) is 0 Å². The lowest BCUT2D eigenvalue weighted by Crippen LogP contribution is -2.40. The Kier molecular flexibility index (Phi) is 3.32. The fourth-order valence-electron chi connectivity index (χ4n) is 4.24. The van der Waals surface area contributed by atoms with Crippen molar-refractivity contribution in [3.05, 3.63) is 29.6 Å². The zero-order chi connectivity index (χ0) is 14.4. The van der Waals surface area contributed by atoms with Gasteiger partial charge in [0.25, 0.3) is 0 Å². The van der Waals surface area contributed by atoms with Crippen molar-refractivity contribution in [1.29, 1.82) is 0 Å². The predicted octanol–water partition coefficient (Wildman–Crippen LogP) is 5.92. The summed E-state index contributed by atoms with van der Waals surface area (Å²) in [6, 6.07) is 9.56. The predicted molar refractivity (Wildman–Crippen MR) is 90.6 cm³/mol. The summed E-state index contributed by atoms with van der Waals surface area (Å²) in [4.78, 5) is 0. The van der Waals surface area contributed by atoms with Crippen LogP contribution in [0.25, 0.3) is 10.1 Å². The van der Waals surface area contributed by atoms with Gasteiger partial charge in [-0.15, -0.1) is 11.3 Å². The van der Waals surface area contributed by atoms with E-state index in [-0.39, 0.29) is 0 Å². The summed E-state index contributed by atoms with van der Waals surface area (Å²) in [5.74, 6) is 0. The van der Waals surface area contributed by atoms with Crippen LogP contribution < -0.4 is 5.32 Å². The van der Waals surface area contributed by atoms with Gasteiger partial charge in [-0.25, -0.2) is 0 Å². The molecule has 0 saturated heterocycles. The van der Waals surface area contributed by atoms with E-state index in [1.165, 1.54) is 35.0 Å². The molecule has 1 N–H and O–H groups in total. The van der Waals surface area contributed by atoms with Crippen LogP contribution in [0.4, 0.5) is 5.69 Å². The first-order valence-corrected chi connectivity index (χ1v) is 8.45. The Morgan fingerprint density at radius 1 is 1.05 bits per heavy atom. The van der Waals surface area contributed by atoms with Crippen molar-refractivity contribution >= 4 is 27.1 Å². The molecule has 0 spiro atoms. The fourth-order valence-corrected chi connectivity index (χ4v) is 5.01. The van der Waals surface area contributed by atoms with Crippen LogP contribution in [0, 0.1) is 10.8 Å². The average Bonchev–Trinajstić information content (AvgIpc) is 2.71. The average molecular weight is 287 g/mol. The first kappa shape index (κ1) is 13.9. The van der Waals surface area contributed by atoms with Gasteiger partial charge >= 0.3 is 0 Å². The third-order valence-electron chi connectivity index (χ3n) is 4.38. The van der Waals surface area contributed by atoms with E-state index >= 15 is 0 Å². The van der Waals surface area contributed by atoms with Gasteiger partial charge in [-0.05, 0) is 65.1 Å². The summed E-state index contributed by atoms with van der Waals surface area (Å²) >= 11 is 1.81. The minimum absolute atomic E-state index is 0.436. The number of hydrogen-bond acceptors (Lipinski definition) is 2. The number of thiophene rings is 1. The molecule has 1 heterocycles. The molecule has 1 aliphatic rings. The number of hydrogen-bond donors (Lipinski definition) is 1. The molecule has 2 aromatic rings. The number of fused-ring (bicyclic) bond motifs is 1. The summed E-state index contributed by atoms with van der Waals surface area (Å²) in [6.07, 6.45) is 3.85. The second-order valence-electron chi connectivity index (χ2n) is 7.93. The Labute approximate surface area is 126 Å². The molecule has 1 nitrogen and oxygen atoms in total. The molecule has 1 aromatic carbocycles. The number of anilines is 1. The summed E-state index contributed by atoms with van der Waals surface area (Å²) in [5, 5.41) is 7.30. The van der Waals surface area contributed by atoms with Crippen LogP contribution in [0.2, 0.25) is 0 Å². The van der Waals surface area contributed by atoms with E-state index in [4.69, 9.17) is 0 Å². The molecule has 20 heavy (non-hydrogen) atoms. The lowest BCUT2D eigenvalue weighted by atomic mass is 9.63.